The fourth-order valence-electron chi connectivity index (χ4n) is 2.70. The van der Waals surface area contributed by atoms with E-state index in [1.54, 1.807) is 25.3 Å². The largest absolute Gasteiger partial charge is 0.495 e. The number of likely N-dealkylation sites (N-methyl/N-ethyl adjacent to an activating group) is 1. The molecule has 1 aliphatic heterocycles. The van der Waals surface area contributed by atoms with Gasteiger partial charge in [0.1, 0.15) is 9.96 Å². The molecular formula is C16H20ClN3O3S2. The molecule has 136 valence electrons. The number of methoxy groups -OCH3 is 1. The number of benzene rings is 1. The van der Waals surface area contributed by atoms with Gasteiger partial charge in [0.05, 0.1) is 22.8 Å². The van der Waals surface area contributed by atoms with E-state index in [0.717, 1.165) is 49.0 Å². The Balaban J connectivity index is 1.86. The third-order valence-electron chi connectivity index (χ3n) is 4.09. The first-order valence-electron chi connectivity index (χ1n) is 7.79. The Bertz CT molecular complexity index is 846. The topological polar surface area (TPSA) is 61.9 Å². The lowest BCUT2D eigenvalue weighted by atomic mass is 10.2. The summed E-state index contributed by atoms with van der Waals surface area (Å²) in [6.07, 6.45) is 0. The molecule has 0 saturated carbocycles. The van der Waals surface area contributed by atoms with E-state index < -0.39 is 10.0 Å². The SMILES string of the molecule is COc1ccc(NS(=O)(=O)c2ccc(Cl)s2)cc1N1CCN(C)CC1. The van der Waals surface area contributed by atoms with Crippen molar-refractivity contribution in [1.82, 2.24) is 4.90 Å². The van der Waals surface area contributed by atoms with Gasteiger partial charge in [0, 0.05) is 26.2 Å². The minimum atomic E-state index is -3.65. The zero-order valence-electron chi connectivity index (χ0n) is 14.0. The van der Waals surface area contributed by atoms with E-state index in [1.165, 1.54) is 6.07 Å². The Labute approximate surface area is 157 Å². The van der Waals surface area contributed by atoms with Crippen LogP contribution in [0.4, 0.5) is 11.4 Å². The van der Waals surface area contributed by atoms with Gasteiger partial charge in [-0.2, -0.15) is 0 Å². The Morgan fingerprint density at radius 2 is 1.88 bits per heavy atom. The van der Waals surface area contributed by atoms with E-state index in [9.17, 15) is 8.42 Å². The van der Waals surface area contributed by atoms with Crippen LogP contribution in [0, 0.1) is 0 Å². The molecule has 0 aliphatic carbocycles. The fourth-order valence-corrected chi connectivity index (χ4v) is 5.23. The lowest BCUT2D eigenvalue weighted by Crippen LogP contribution is -2.44. The second-order valence-electron chi connectivity index (χ2n) is 5.84. The van der Waals surface area contributed by atoms with Crippen molar-refractivity contribution in [2.75, 3.05) is 50.0 Å². The quantitative estimate of drug-likeness (QED) is 0.834. The van der Waals surface area contributed by atoms with Gasteiger partial charge < -0.3 is 14.5 Å². The maximum Gasteiger partial charge on any atom is 0.271 e. The van der Waals surface area contributed by atoms with Gasteiger partial charge in [-0.1, -0.05) is 11.6 Å². The number of ether oxygens (including phenoxy) is 1. The summed E-state index contributed by atoms with van der Waals surface area (Å²) >= 11 is 6.88. The Morgan fingerprint density at radius 1 is 1.16 bits per heavy atom. The maximum absolute atomic E-state index is 12.5. The number of thiophene rings is 1. The molecule has 1 saturated heterocycles. The summed E-state index contributed by atoms with van der Waals surface area (Å²) in [4.78, 5) is 4.47. The lowest BCUT2D eigenvalue weighted by molar-refractivity contribution is 0.311. The highest BCUT2D eigenvalue weighted by Crippen LogP contribution is 2.33. The Morgan fingerprint density at radius 3 is 2.48 bits per heavy atom. The molecule has 6 nitrogen and oxygen atoms in total. The van der Waals surface area contributed by atoms with Crippen molar-refractivity contribution in [2.24, 2.45) is 0 Å². The summed E-state index contributed by atoms with van der Waals surface area (Å²) in [5, 5.41) is 0. The molecule has 0 bridgehead atoms. The highest BCUT2D eigenvalue weighted by molar-refractivity contribution is 7.94. The van der Waals surface area contributed by atoms with Gasteiger partial charge >= 0.3 is 0 Å². The smallest absolute Gasteiger partial charge is 0.271 e. The van der Waals surface area contributed by atoms with Crippen molar-refractivity contribution >= 4 is 44.3 Å². The first kappa shape index (κ1) is 18.3. The number of hydrogen-bond donors (Lipinski definition) is 1. The van der Waals surface area contributed by atoms with Crippen molar-refractivity contribution in [3.05, 3.63) is 34.7 Å². The van der Waals surface area contributed by atoms with Crippen LogP contribution in [0.3, 0.4) is 0 Å². The molecule has 1 N–H and O–H groups in total. The molecule has 0 atom stereocenters. The van der Waals surface area contributed by atoms with Gasteiger partial charge in [-0.15, -0.1) is 11.3 Å². The minimum Gasteiger partial charge on any atom is -0.495 e. The molecular weight excluding hydrogens is 382 g/mol. The summed E-state index contributed by atoms with van der Waals surface area (Å²) in [5.74, 6) is 0.728. The molecule has 25 heavy (non-hydrogen) atoms. The van der Waals surface area contributed by atoms with Crippen LogP contribution < -0.4 is 14.4 Å². The van der Waals surface area contributed by atoms with Crippen LogP contribution in [-0.2, 0) is 10.0 Å². The van der Waals surface area contributed by atoms with E-state index in [0.29, 0.717) is 10.0 Å². The summed E-state index contributed by atoms with van der Waals surface area (Å²) in [7, 11) is 0.0542. The standard InChI is InChI=1S/C16H20ClN3O3S2/c1-19-7-9-20(10-8-19)13-11-12(3-4-14(13)23-2)18-25(21,22)16-6-5-15(17)24-16/h3-6,11,18H,7-10H2,1-2H3. The second-order valence-corrected chi connectivity index (χ2v) is 9.47. The third-order valence-corrected chi connectivity index (χ3v) is 7.19. The summed E-state index contributed by atoms with van der Waals surface area (Å²) in [6, 6.07) is 8.37. The molecule has 0 amide bonds. The molecule has 2 heterocycles. The zero-order chi connectivity index (χ0) is 18.0. The normalized spacial score (nSPS) is 16.0. The van der Waals surface area contributed by atoms with E-state index in [2.05, 4.69) is 21.6 Å². The van der Waals surface area contributed by atoms with Crippen LogP contribution in [0.25, 0.3) is 0 Å². The molecule has 0 spiro atoms. The number of halogens is 1. The molecule has 1 aliphatic rings. The van der Waals surface area contributed by atoms with E-state index in [1.807, 2.05) is 6.07 Å². The highest BCUT2D eigenvalue weighted by atomic mass is 35.5. The number of hydrogen-bond acceptors (Lipinski definition) is 6. The number of rotatable bonds is 5. The van der Waals surface area contributed by atoms with Crippen LogP contribution in [0.1, 0.15) is 0 Å². The lowest BCUT2D eigenvalue weighted by Gasteiger charge is -2.34. The fraction of sp³-hybridized carbons (Fsp3) is 0.375. The molecule has 9 heteroatoms. The highest BCUT2D eigenvalue weighted by Gasteiger charge is 2.21. The molecule has 1 aromatic carbocycles. The van der Waals surface area contributed by atoms with E-state index in [-0.39, 0.29) is 4.21 Å². The van der Waals surface area contributed by atoms with Crippen LogP contribution in [0.15, 0.2) is 34.5 Å². The van der Waals surface area contributed by atoms with Crippen molar-refractivity contribution < 1.29 is 13.2 Å². The number of nitrogens with zero attached hydrogens (tertiary/aromatic N) is 2. The van der Waals surface area contributed by atoms with Crippen LogP contribution in [0.5, 0.6) is 5.75 Å². The molecule has 0 unspecified atom stereocenters. The predicted molar refractivity (Wildman–Crippen MR) is 103 cm³/mol. The number of sulfonamides is 1. The Hall–Kier alpha value is -1.48. The number of nitrogens with one attached hydrogen (secondary N) is 1. The summed E-state index contributed by atoms with van der Waals surface area (Å²) in [5.41, 5.74) is 1.39. The van der Waals surface area contributed by atoms with Gasteiger partial charge in [-0.25, -0.2) is 8.42 Å². The molecule has 2 aromatic rings. The van der Waals surface area contributed by atoms with Gasteiger partial charge in [-0.3, -0.25) is 4.72 Å². The van der Waals surface area contributed by atoms with Gasteiger partial charge in [0.15, 0.2) is 0 Å². The van der Waals surface area contributed by atoms with E-state index >= 15 is 0 Å². The molecule has 0 radical (unpaired) electrons. The average molecular weight is 402 g/mol. The third kappa shape index (κ3) is 4.20. The number of anilines is 2. The summed E-state index contributed by atoms with van der Waals surface area (Å²) < 4.78 is 33.7. The maximum atomic E-state index is 12.5. The Kier molecular flexibility index (Phi) is 5.43. The van der Waals surface area contributed by atoms with Crippen LogP contribution in [-0.4, -0.2) is 53.7 Å². The van der Waals surface area contributed by atoms with Gasteiger partial charge in [0.2, 0.25) is 0 Å². The van der Waals surface area contributed by atoms with E-state index in [4.69, 9.17) is 16.3 Å². The van der Waals surface area contributed by atoms with Crippen molar-refractivity contribution in [2.45, 2.75) is 4.21 Å². The zero-order valence-corrected chi connectivity index (χ0v) is 16.4. The molecule has 1 fully saturated rings. The van der Waals surface area contributed by atoms with Gasteiger partial charge in [-0.05, 0) is 37.4 Å². The first-order chi connectivity index (χ1) is 11.9. The molecule has 1 aromatic heterocycles. The minimum absolute atomic E-state index is 0.189. The second kappa shape index (κ2) is 7.41. The van der Waals surface area contributed by atoms with Crippen molar-refractivity contribution in [3.63, 3.8) is 0 Å². The van der Waals surface area contributed by atoms with Gasteiger partial charge in [0.25, 0.3) is 10.0 Å². The predicted octanol–water partition coefficient (Wildman–Crippen LogP) is 2.96. The molecule has 3 rings (SSSR count). The first-order valence-corrected chi connectivity index (χ1v) is 10.5. The van der Waals surface area contributed by atoms with Crippen molar-refractivity contribution in [3.8, 4) is 5.75 Å². The average Bonchev–Trinajstić information content (AvgIpc) is 3.03. The number of piperazine rings is 1. The summed E-state index contributed by atoms with van der Waals surface area (Å²) in [6.45, 7) is 3.63. The van der Waals surface area contributed by atoms with Crippen LogP contribution in [0.2, 0.25) is 4.34 Å². The van der Waals surface area contributed by atoms with Crippen LogP contribution >= 0.6 is 22.9 Å². The van der Waals surface area contributed by atoms with Crippen molar-refractivity contribution in [1.29, 1.82) is 0 Å². The monoisotopic (exact) mass is 401 g/mol.